The molecule has 0 radical (unpaired) electrons. The van der Waals surface area contributed by atoms with Crippen LogP contribution < -0.4 is 0 Å². The van der Waals surface area contributed by atoms with Gasteiger partial charge in [-0.3, -0.25) is 14.7 Å². The van der Waals surface area contributed by atoms with Gasteiger partial charge < -0.3 is 4.42 Å². The normalized spacial score (nSPS) is 15.2. The van der Waals surface area contributed by atoms with Crippen LogP contribution in [-0.4, -0.2) is 29.9 Å². The van der Waals surface area contributed by atoms with E-state index in [1.54, 1.807) is 29.6 Å². The van der Waals surface area contributed by atoms with Crippen molar-refractivity contribution in [3.8, 4) is 16.9 Å². The SMILES string of the molecule is O=C1/C(=C/c2cn(-c3ccccc3)nc2-c2ccncc2)SC(=S)N1Cc1ccco1. The number of thioether (sulfide) groups is 1. The molecule has 3 aromatic heterocycles. The largest absolute Gasteiger partial charge is 0.467 e. The van der Waals surface area contributed by atoms with Crippen molar-refractivity contribution < 1.29 is 9.21 Å². The van der Waals surface area contributed by atoms with E-state index in [0.717, 1.165) is 22.5 Å². The second-order valence-electron chi connectivity index (χ2n) is 6.80. The van der Waals surface area contributed by atoms with Crippen LogP contribution in [0.15, 0.2) is 88.8 Å². The zero-order valence-electron chi connectivity index (χ0n) is 16.2. The number of para-hydroxylation sites is 1. The molecule has 31 heavy (non-hydrogen) atoms. The van der Waals surface area contributed by atoms with Crippen LogP contribution in [-0.2, 0) is 11.3 Å². The van der Waals surface area contributed by atoms with Gasteiger partial charge in [0.05, 0.1) is 23.4 Å². The van der Waals surface area contributed by atoms with E-state index in [4.69, 9.17) is 21.7 Å². The van der Waals surface area contributed by atoms with Gasteiger partial charge >= 0.3 is 0 Å². The molecule has 0 aliphatic carbocycles. The third kappa shape index (κ3) is 3.95. The van der Waals surface area contributed by atoms with Gasteiger partial charge in [0, 0.05) is 29.7 Å². The van der Waals surface area contributed by atoms with Crippen LogP contribution in [0.3, 0.4) is 0 Å². The van der Waals surface area contributed by atoms with E-state index in [-0.39, 0.29) is 5.91 Å². The van der Waals surface area contributed by atoms with E-state index in [2.05, 4.69) is 4.98 Å². The maximum absolute atomic E-state index is 13.0. The van der Waals surface area contributed by atoms with Crippen molar-refractivity contribution in [3.05, 3.63) is 95.7 Å². The Morgan fingerprint density at radius 2 is 1.87 bits per heavy atom. The average molecular weight is 445 g/mol. The molecule has 6 nitrogen and oxygen atoms in total. The number of benzene rings is 1. The number of thiocarbonyl (C=S) groups is 1. The van der Waals surface area contributed by atoms with Crippen molar-refractivity contribution >= 4 is 40.3 Å². The summed E-state index contributed by atoms with van der Waals surface area (Å²) in [7, 11) is 0. The second kappa shape index (κ2) is 8.33. The first-order chi connectivity index (χ1) is 15.2. The quantitative estimate of drug-likeness (QED) is 0.321. The first-order valence-electron chi connectivity index (χ1n) is 9.52. The summed E-state index contributed by atoms with van der Waals surface area (Å²) < 4.78 is 7.69. The minimum Gasteiger partial charge on any atom is -0.467 e. The van der Waals surface area contributed by atoms with E-state index in [0.29, 0.717) is 21.5 Å². The molecule has 0 saturated carbocycles. The zero-order chi connectivity index (χ0) is 21.2. The first-order valence-corrected chi connectivity index (χ1v) is 10.7. The maximum Gasteiger partial charge on any atom is 0.266 e. The van der Waals surface area contributed by atoms with Crippen LogP contribution in [0.5, 0.6) is 0 Å². The van der Waals surface area contributed by atoms with Gasteiger partial charge in [-0.15, -0.1) is 0 Å². The van der Waals surface area contributed by atoms with Crippen LogP contribution in [0.1, 0.15) is 11.3 Å². The highest BCUT2D eigenvalue weighted by Crippen LogP contribution is 2.35. The third-order valence-electron chi connectivity index (χ3n) is 4.77. The zero-order valence-corrected chi connectivity index (χ0v) is 17.8. The lowest BCUT2D eigenvalue weighted by Crippen LogP contribution is -2.27. The van der Waals surface area contributed by atoms with Crippen molar-refractivity contribution in [2.24, 2.45) is 0 Å². The van der Waals surface area contributed by atoms with E-state index < -0.39 is 0 Å². The minimum atomic E-state index is -0.139. The number of carbonyl (C=O) groups is 1. The molecule has 1 aliphatic heterocycles. The summed E-state index contributed by atoms with van der Waals surface area (Å²) in [5, 5.41) is 4.78. The number of nitrogens with zero attached hydrogens (tertiary/aromatic N) is 4. The standard InChI is InChI=1S/C23H16N4O2S2/c28-22-20(31-23(30)26(22)15-19-7-4-12-29-19)13-17-14-27(18-5-2-1-3-6-18)25-21(17)16-8-10-24-11-9-16/h1-14H,15H2/b20-13-. The van der Waals surface area contributed by atoms with Crippen LogP contribution >= 0.6 is 24.0 Å². The fourth-order valence-corrected chi connectivity index (χ4v) is 4.52. The van der Waals surface area contributed by atoms with Gasteiger partial charge in [-0.25, -0.2) is 4.68 Å². The lowest BCUT2D eigenvalue weighted by Gasteiger charge is -2.11. The van der Waals surface area contributed by atoms with Gasteiger partial charge in [-0.2, -0.15) is 5.10 Å². The summed E-state index contributed by atoms with van der Waals surface area (Å²) >= 11 is 6.73. The summed E-state index contributed by atoms with van der Waals surface area (Å²) in [6, 6.07) is 17.3. The molecule has 1 amide bonds. The number of pyridine rings is 1. The second-order valence-corrected chi connectivity index (χ2v) is 8.47. The smallest absolute Gasteiger partial charge is 0.266 e. The van der Waals surface area contributed by atoms with Gasteiger partial charge in [0.1, 0.15) is 15.8 Å². The molecule has 1 aromatic carbocycles. The number of aromatic nitrogens is 3. The van der Waals surface area contributed by atoms with Crippen molar-refractivity contribution in [2.75, 3.05) is 0 Å². The maximum atomic E-state index is 13.0. The molecule has 5 rings (SSSR count). The lowest BCUT2D eigenvalue weighted by molar-refractivity contribution is -0.122. The molecule has 0 N–H and O–H groups in total. The van der Waals surface area contributed by atoms with E-state index in [1.165, 1.54) is 11.8 Å². The molecule has 1 fully saturated rings. The number of amides is 1. The summed E-state index contributed by atoms with van der Waals surface area (Å²) in [4.78, 5) is 19.2. The van der Waals surface area contributed by atoms with Crippen LogP contribution in [0.25, 0.3) is 23.0 Å². The Hall–Kier alpha value is -3.49. The minimum absolute atomic E-state index is 0.139. The van der Waals surface area contributed by atoms with Gasteiger partial charge in [0.15, 0.2) is 0 Å². The fourth-order valence-electron chi connectivity index (χ4n) is 3.28. The number of furan rings is 1. The summed E-state index contributed by atoms with van der Waals surface area (Å²) in [6.07, 6.45) is 8.81. The highest BCUT2D eigenvalue weighted by molar-refractivity contribution is 8.26. The van der Waals surface area contributed by atoms with Crippen LogP contribution in [0.4, 0.5) is 0 Å². The highest BCUT2D eigenvalue weighted by Gasteiger charge is 2.33. The predicted molar refractivity (Wildman–Crippen MR) is 124 cm³/mol. The molecule has 4 heterocycles. The molecule has 0 unspecified atom stereocenters. The van der Waals surface area contributed by atoms with Gasteiger partial charge in [-0.05, 0) is 42.5 Å². The molecule has 8 heteroatoms. The molecule has 152 valence electrons. The lowest BCUT2D eigenvalue weighted by atomic mass is 10.1. The van der Waals surface area contributed by atoms with Crippen molar-refractivity contribution in [1.82, 2.24) is 19.7 Å². The Labute approximate surface area is 188 Å². The number of carbonyl (C=O) groups excluding carboxylic acids is 1. The monoisotopic (exact) mass is 444 g/mol. The third-order valence-corrected chi connectivity index (χ3v) is 6.15. The average Bonchev–Trinajstić information content (AvgIpc) is 3.53. The molecule has 0 atom stereocenters. The van der Waals surface area contributed by atoms with Gasteiger partial charge in [0.25, 0.3) is 5.91 Å². The highest BCUT2D eigenvalue weighted by atomic mass is 32.2. The van der Waals surface area contributed by atoms with Crippen molar-refractivity contribution in [2.45, 2.75) is 6.54 Å². The van der Waals surface area contributed by atoms with Gasteiger partial charge in [0.2, 0.25) is 0 Å². The van der Waals surface area contributed by atoms with Crippen molar-refractivity contribution in [1.29, 1.82) is 0 Å². The van der Waals surface area contributed by atoms with Crippen LogP contribution in [0, 0.1) is 0 Å². The number of hydrogen-bond acceptors (Lipinski definition) is 6. The molecule has 4 aromatic rings. The summed E-state index contributed by atoms with van der Waals surface area (Å²) in [5.41, 5.74) is 3.45. The first kappa shape index (κ1) is 19.5. The summed E-state index contributed by atoms with van der Waals surface area (Å²) in [5.74, 6) is 0.548. The Morgan fingerprint density at radius 3 is 2.61 bits per heavy atom. The van der Waals surface area contributed by atoms with Gasteiger partial charge in [-0.1, -0.05) is 42.2 Å². The van der Waals surface area contributed by atoms with Crippen LogP contribution in [0.2, 0.25) is 0 Å². The molecular weight excluding hydrogens is 428 g/mol. The topological polar surface area (TPSA) is 64.2 Å². The van der Waals surface area contributed by atoms with Crippen molar-refractivity contribution in [3.63, 3.8) is 0 Å². The Kier molecular flexibility index (Phi) is 5.23. The van der Waals surface area contributed by atoms with E-state index >= 15 is 0 Å². The molecular formula is C23H16N4O2S2. The Bertz CT molecular complexity index is 1270. The molecule has 1 aliphatic rings. The fraction of sp³-hybridized carbons (Fsp3) is 0.0435. The molecule has 1 saturated heterocycles. The molecule has 0 spiro atoms. The molecule has 0 bridgehead atoms. The predicted octanol–water partition coefficient (Wildman–Crippen LogP) is 4.93. The number of hydrogen-bond donors (Lipinski definition) is 0. The summed E-state index contributed by atoms with van der Waals surface area (Å²) in [6.45, 7) is 0.315. The Balaban J connectivity index is 1.53. The van der Waals surface area contributed by atoms with E-state index in [9.17, 15) is 4.79 Å². The van der Waals surface area contributed by atoms with E-state index in [1.807, 2.05) is 65.5 Å². The number of rotatable bonds is 5. The Morgan fingerprint density at radius 1 is 1.06 bits per heavy atom.